The van der Waals surface area contributed by atoms with Crippen LogP contribution >= 0.6 is 0 Å². The van der Waals surface area contributed by atoms with Crippen LogP contribution in [0.1, 0.15) is 33.6 Å². The molecule has 0 aromatic heterocycles. The Labute approximate surface area is 102 Å². The number of rotatable bonds is 9. The van der Waals surface area contributed by atoms with E-state index >= 15 is 0 Å². The van der Waals surface area contributed by atoms with Gasteiger partial charge in [-0.3, -0.25) is 0 Å². The average molecular weight is 249 g/mol. The van der Waals surface area contributed by atoms with Gasteiger partial charge in [-0.25, -0.2) is 5.21 Å². The van der Waals surface area contributed by atoms with Gasteiger partial charge in [-0.2, -0.15) is 0 Å². The molecule has 102 valence electrons. The van der Waals surface area contributed by atoms with E-state index in [4.69, 9.17) is 5.21 Å². The van der Waals surface area contributed by atoms with Crippen molar-refractivity contribution in [2.45, 2.75) is 45.7 Å². The van der Waals surface area contributed by atoms with Crippen LogP contribution < -0.4 is 5.32 Å². The Morgan fingerprint density at radius 2 is 2.00 bits per heavy atom. The summed E-state index contributed by atoms with van der Waals surface area (Å²) in [6, 6.07) is 0.124. The third-order valence-electron chi connectivity index (χ3n) is 2.86. The van der Waals surface area contributed by atoms with Crippen molar-refractivity contribution in [2.75, 3.05) is 19.7 Å². The lowest BCUT2D eigenvalue weighted by Gasteiger charge is -2.21. The zero-order valence-electron chi connectivity index (χ0n) is 10.9. The first-order valence-corrected chi connectivity index (χ1v) is 6.05. The summed E-state index contributed by atoms with van der Waals surface area (Å²) in [6.07, 6.45) is 1.66. The van der Waals surface area contributed by atoms with Gasteiger partial charge < -0.3 is 15.6 Å². The maximum Gasteiger partial charge on any atom is 0.271 e. The third kappa shape index (κ3) is 5.69. The summed E-state index contributed by atoms with van der Waals surface area (Å²) in [5.74, 6) is 0. The molecule has 2 unspecified atom stereocenters. The lowest BCUT2D eigenvalue weighted by Crippen LogP contribution is -2.47. The quantitative estimate of drug-likeness (QED) is 0.273. The van der Waals surface area contributed by atoms with E-state index in [9.17, 15) is 10.3 Å². The Morgan fingerprint density at radius 1 is 1.35 bits per heavy atom. The van der Waals surface area contributed by atoms with Crippen molar-refractivity contribution in [1.29, 1.82) is 0 Å². The van der Waals surface area contributed by atoms with Gasteiger partial charge in [-0.15, -0.1) is 5.01 Å². The monoisotopic (exact) mass is 249 g/mol. The molecule has 0 spiro atoms. The van der Waals surface area contributed by atoms with Crippen LogP contribution in [0.15, 0.2) is 5.28 Å². The number of nitrogens with zero attached hydrogens (tertiary/aromatic N) is 3. The Kier molecular flexibility index (Phi) is 8.43. The molecule has 0 aliphatic heterocycles. The lowest BCUT2D eigenvalue weighted by molar-refractivity contribution is -0.945. The number of hydrazine groups is 1. The van der Waals surface area contributed by atoms with Gasteiger partial charge in [0.05, 0.1) is 13.2 Å². The molecule has 0 aromatic carbocycles. The van der Waals surface area contributed by atoms with Crippen molar-refractivity contribution in [3.05, 3.63) is 0 Å². The van der Waals surface area contributed by atoms with Gasteiger partial charge in [0.1, 0.15) is 6.04 Å². The molecule has 0 heterocycles. The maximum absolute atomic E-state index is 9.38. The molecule has 0 saturated heterocycles. The Bertz CT molecular complexity index is 222. The van der Waals surface area contributed by atoms with Crippen molar-refractivity contribution in [1.82, 2.24) is 10.3 Å². The number of aliphatic hydroxyl groups is 1. The molecule has 0 fully saturated rings. The average Bonchev–Trinajstić information content (AvgIpc) is 2.36. The van der Waals surface area contributed by atoms with E-state index in [0.717, 1.165) is 6.42 Å². The highest BCUT2D eigenvalue weighted by molar-refractivity contribution is 4.64. The van der Waals surface area contributed by atoms with E-state index in [0.29, 0.717) is 30.5 Å². The first kappa shape index (κ1) is 15.9. The van der Waals surface area contributed by atoms with Crippen LogP contribution in [0.5, 0.6) is 0 Å². The summed E-state index contributed by atoms with van der Waals surface area (Å²) in [5, 5.41) is 34.5. The molecule has 0 aliphatic carbocycles. The predicted molar refractivity (Wildman–Crippen MR) is 61.9 cm³/mol. The topological polar surface area (TPSA) is 91.3 Å². The predicted octanol–water partition coefficient (Wildman–Crippen LogP) is 0.606. The number of hydrogen-bond donors (Lipinski definition) is 4. The minimum absolute atomic E-state index is 0.105. The van der Waals surface area contributed by atoms with E-state index in [2.05, 4.69) is 24.4 Å². The summed E-state index contributed by atoms with van der Waals surface area (Å²) in [5.41, 5.74) is 0. The molecular formula is C10H25N4O3+. The van der Waals surface area contributed by atoms with Crippen LogP contribution in [0, 0.1) is 0 Å². The van der Waals surface area contributed by atoms with Crippen LogP contribution in [0.2, 0.25) is 0 Å². The molecule has 7 nitrogen and oxygen atoms in total. The largest absolute Gasteiger partial charge is 0.394 e. The van der Waals surface area contributed by atoms with Crippen molar-refractivity contribution in [3.8, 4) is 0 Å². The highest BCUT2D eigenvalue weighted by Crippen LogP contribution is 2.03. The highest BCUT2D eigenvalue weighted by Gasteiger charge is 2.27. The normalized spacial score (nSPS) is 15.6. The molecule has 0 bridgehead atoms. The van der Waals surface area contributed by atoms with Crippen LogP contribution in [-0.4, -0.2) is 57.3 Å². The number of hydrogen-bond acceptors (Lipinski definition) is 3. The molecule has 0 rings (SSSR count). The van der Waals surface area contributed by atoms with Gasteiger partial charge in [0.15, 0.2) is 0 Å². The standard InChI is InChI=1S/C10H24N4O3/c1-4-9(3)11-6-7-13(14(17)12-16)10(5-2)8-15/h9-11,15,17H,4-8H2,1-3H3/p+1. The fourth-order valence-corrected chi connectivity index (χ4v) is 1.47. The maximum atomic E-state index is 9.38. The summed E-state index contributed by atoms with van der Waals surface area (Å²) in [7, 11) is 0. The van der Waals surface area contributed by atoms with E-state index in [1.807, 2.05) is 6.92 Å². The van der Waals surface area contributed by atoms with Gasteiger partial charge in [-0.1, -0.05) is 13.8 Å². The van der Waals surface area contributed by atoms with Crippen molar-refractivity contribution >= 4 is 0 Å². The fourth-order valence-electron chi connectivity index (χ4n) is 1.47. The van der Waals surface area contributed by atoms with E-state index < -0.39 is 0 Å². The molecule has 4 N–H and O–H groups in total. The summed E-state index contributed by atoms with van der Waals surface area (Å²) >= 11 is 0. The molecule has 0 aliphatic rings. The second-order valence-corrected chi connectivity index (χ2v) is 4.03. The zero-order chi connectivity index (χ0) is 13.3. The van der Waals surface area contributed by atoms with Crippen LogP contribution in [0.4, 0.5) is 0 Å². The summed E-state index contributed by atoms with van der Waals surface area (Å²) < 4.78 is 0. The van der Waals surface area contributed by atoms with Crippen molar-refractivity contribution in [2.24, 2.45) is 5.28 Å². The van der Waals surface area contributed by atoms with Gasteiger partial charge in [0.2, 0.25) is 0 Å². The smallest absolute Gasteiger partial charge is 0.271 e. The highest BCUT2D eigenvalue weighted by atomic mass is 16.6. The van der Waals surface area contributed by atoms with E-state index in [1.54, 1.807) is 0 Å². The Morgan fingerprint density at radius 3 is 2.41 bits per heavy atom. The summed E-state index contributed by atoms with van der Waals surface area (Å²) in [6.45, 7) is 7.02. The number of nitrogens with one attached hydrogen (secondary N) is 1. The first-order valence-electron chi connectivity index (χ1n) is 6.05. The molecule has 7 heteroatoms. The Hall–Kier alpha value is -1.08. The molecule has 0 aromatic rings. The zero-order valence-corrected chi connectivity index (χ0v) is 10.9. The molecule has 0 radical (unpaired) electrons. The minimum Gasteiger partial charge on any atom is -0.394 e. The van der Waals surface area contributed by atoms with E-state index in [1.165, 1.54) is 5.01 Å². The minimum atomic E-state index is -0.269. The van der Waals surface area contributed by atoms with Gasteiger partial charge in [-0.05, 0) is 19.8 Å². The molecule has 0 saturated carbocycles. The van der Waals surface area contributed by atoms with Gasteiger partial charge in [0.25, 0.3) is 10.2 Å². The fraction of sp³-hybridized carbons (Fsp3) is 1.00. The Balaban J connectivity index is 4.30. The van der Waals surface area contributed by atoms with Crippen LogP contribution in [0.3, 0.4) is 0 Å². The molecular weight excluding hydrogens is 224 g/mol. The van der Waals surface area contributed by atoms with Gasteiger partial charge >= 0.3 is 0 Å². The van der Waals surface area contributed by atoms with E-state index in [-0.39, 0.29) is 12.6 Å². The lowest BCUT2D eigenvalue weighted by atomic mass is 10.2. The van der Waals surface area contributed by atoms with Crippen LogP contribution in [0.25, 0.3) is 0 Å². The first-order chi connectivity index (χ1) is 8.10. The molecule has 17 heavy (non-hydrogen) atoms. The number of aliphatic hydroxyl groups excluding tert-OH is 1. The SMILES string of the molecule is CCC(C)NCCN(C(CC)CO)/[N+](O)=N/O. The summed E-state index contributed by atoms with van der Waals surface area (Å²) in [4.78, 5) is 0.378. The molecule has 2 atom stereocenters. The molecule has 0 amide bonds. The third-order valence-corrected chi connectivity index (χ3v) is 2.86. The van der Waals surface area contributed by atoms with Crippen LogP contribution in [-0.2, 0) is 0 Å². The van der Waals surface area contributed by atoms with Gasteiger partial charge in [0, 0.05) is 12.6 Å². The van der Waals surface area contributed by atoms with Crippen molar-refractivity contribution in [3.63, 3.8) is 0 Å². The second-order valence-electron chi connectivity index (χ2n) is 4.03. The second kappa shape index (κ2) is 9.00. The van der Waals surface area contributed by atoms with Crippen molar-refractivity contribution < 1.29 is 20.5 Å².